The van der Waals surface area contributed by atoms with Crippen LogP contribution in [-0.2, 0) is 29.0 Å². The minimum atomic E-state index is -0.691. The topological polar surface area (TPSA) is 49.4 Å². The van der Waals surface area contributed by atoms with Gasteiger partial charge in [0.1, 0.15) is 6.04 Å². The molecule has 2 amide bonds. The van der Waals surface area contributed by atoms with Gasteiger partial charge in [0.25, 0.3) is 0 Å². The number of hydrogen-bond acceptors (Lipinski definition) is 2. The highest BCUT2D eigenvalue weighted by atomic mass is 79.9. The van der Waals surface area contributed by atoms with Crippen molar-refractivity contribution in [2.45, 2.75) is 51.7 Å². The Bertz CT molecular complexity index is 1160. The van der Waals surface area contributed by atoms with Crippen molar-refractivity contribution in [1.82, 2.24) is 10.2 Å². The van der Waals surface area contributed by atoms with E-state index >= 15 is 0 Å². The number of halogens is 3. The average Bonchev–Trinajstić information content (AvgIpc) is 2.83. The molecule has 184 valence electrons. The van der Waals surface area contributed by atoms with E-state index in [1.807, 2.05) is 68.4 Å². The third-order valence-electron chi connectivity index (χ3n) is 5.87. The van der Waals surface area contributed by atoms with Crippen LogP contribution in [0.2, 0.25) is 10.0 Å². The highest BCUT2D eigenvalue weighted by Gasteiger charge is 2.31. The maximum Gasteiger partial charge on any atom is 0.243 e. The van der Waals surface area contributed by atoms with Crippen molar-refractivity contribution in [3.05, 3.63) is 104 Å². The van der Waals surface area contributed by atoms with Crippen LogP contribution < -0.4 is 5.32 Å². The number of rotatable bonds is 10. The minimum absolute atomic E-state index is 0.00527. The Labute approximate surface area is 225 Å². The highest BCUT2D eigenvalue weighted by molar-refractivity contribution is 9.10. The largest absolute Gasteiger partial charge is 0.352 e. The Morgan fingerprint density at radius 3 is 2.34 bits per heavy atom. The molecule has 3 rings (SSSR count). The number of benzene rings is 3. The fourth-order valence-electron chi connectivity index (χ4n) is 3.76. The molecule has 0 aliphatic rings. The molecular formula is C28H29BrCl2N2O2. The van der Waals surface area contributed by atoms with Crippen molar-refractivity contribution in [3.8, 4) is 0 Å². The second kappa shape index (κ2) is 13.1. The summed E-state index contributed by atoms with van der Waals surface area (Å²) in [6, 6.07) is 21.9. The van der Waals surface area contributed by atoms with E-state index in [-0.39, 0.29) is 30.8 Å². The Kier molecular flexibility index (Phi) is 10.2. The Hall–Kier alpha value is -2.34. The van der Waals surface area contributed by atoms with Gasteiger partial charge in [0, 0.05) is 33.5 Å². The van der Waals surface area contributed by atoms with E-state index in [4.69, 9.17) is 23.2 Å². The molecule has 0 heterocycles. The molecule has 0 spiro atoms. The first-order valence-corrected chi connectivity index (χ1v) is 13.1. The second-order valence-corrected chi connectivity index (χ2v) is 10.3. The van der Waals surface area contributed by atoms with Gasteiger partial charge < -0.3 is 10.2 Å². The summed E-state index contributed by atoms with van der Waals surface area (Å²) in [5.74, 6) is -0.358. The van der Waals surface area contributed by atoms with Gasteiger partial charge in [-0.3, -0.25) is 9.59 Å². The molecule has 4 nitrogen and oxygen atoms in total. The summed E-state index contributed by atoms with van der Waals surface area (Å²) in [7, 11) is 0. The van der Waals surface area contributed by atoms with Crippen LogP contribution in [0.4, 0.5) is 0 Å². The fraction of sp³-hybridized carbons (Fsp3) is 0.286. The third-order valence-corrected chi connectivity index (χ3v) is 6.95. The van der Waals surface area contributed by atoms with Crippen LogP contribution in [-0.4, -0.2) is 28.8 Å². The lowest BCUT2D eigenvalue weighted by Crippen LogP contribution is -2.52. The predicted octanol–water partition coefficient (Wildman–Crippen LogP) is 6.85. The van der Waals surface area contributed by atoms with E-state index in [1.54, 1.807) is 23.1 Å². The molecule has 0 saturated carbocycles. The molecule has 3 aromatic rings. The highest BCUT2D eigenvalue weighted by Crippen LogP contribution is 2.24. The number of amides is 2. The number of carbonyl (C=O) groups excluding carboxylic acids is 2. The summed E-state index contributed by atoms with van der Waals surface area (Å²) >= 11 is 15.9. The van der Waals surface area contributed by atoms with Crippen molar-refractivity contribution in [3.63, 3.8) is 0 Å². The molecule has 0 unspecified atom stereocenters. The van der Waals surface area contributed by atoms with Crippen LogP contribution in [0.1, 0.15) is 37.0 Å². The van der Waals surface area contributed by atoms with E-state index in [0.29, 0.717) is 22.0 Å². The molecule has 0 aliphatic heterocycles. The van der Waals surface area contributed by atoms with Gasteiger partial charge in [0.05, 0.1) is 6.42 Å². The maximum absolute atomic E-state index is 13.8. The lowest BCUT2D eigenvalue weighted by atomic mass is 10.0. The normalized spacial score (nSPS) is 12.6. The van der Waals surface area contributed by atoms with Crippen LogP contribution in [0.25, 0.3) is 0 Å². The molecule has 0 fully saturated rings. The lowest BCUT2D eigenvalue weighted by molar-refractivity contribution is -0.141. The van der Waals surface area contributed by atoms with Crippen LogP contribution in [0.15, 0.2) is 77.3 Å². The van der Waals surface area contributed by atoms with Gasteiger partial charge in [0.2, 0.25) is 11.8 Å². The summed E-state index contributed by atoms with van der Waals surface area (Å²) in [5.41, 5.74) is 2.57. The van der Waals surface area contributed by atoms with Gasteiger partial charge in [-0.25, -0.2) is 0 Å². The van der Waals surface area contributed by atoms with Gasteiger partial charge in [-0.2, -0.15) is 0 Å². The number of nitrogens with one attached hydrogen (secondary N) is 1. The minimum Gasteiger partial charge on any atom is -0.352 e. The first-order chi connectivity index (χ1) is 16.8. The van der Waals surface area contributed by atoms with Crippen molar-refractivity contribution in [2.24, 2.45) is 0 Å². The van der Waals surface area contributed by atoms with E-state index in [9.17, 15) is 9.59 Å². The summed E-state index contributed by atoms with van der Waals surface area (Å²) in [5, 5.41) is 4.01. The molecule has 0 saturated heterocycles. The molecule has 1 N–H and O–H groups in total. The summed E-state index contributed by atoms with van der Waals surface area (Å²) in [6.07, 6.45) is 1.26. The lowest BCUT2D eigenvalue weighted by Gasteiger charge is -2.32. The van der Waals surface area contributed by atoms with E-state index < -0.39 is 6.04 Å². The van der Waals surface area contributed by atoms with Gasteiger partial charge in [0.15, 0.2) is 0 Å². The number of carbonyl (C=O) groups is 2. The molecule has 7 heteroatoms. The zero-order chi connectivity index (χ0) is 25.4. The molecule has 0 aromatic heterocycles. The predicted molar refractivity (Wildman–Crippen MR) is 147 cm³/mol. The maximum atomic E-state index is 13.8. The van der Waals surface area contributed by atoms with Crippen molar-refractivity contribution >= 4 is 50.9 Å². The number of hydrogen-bond donors (Lipinski definition) is 1. The van der Waals surface area contributed by atoms with E-state index in [1.165, 1.54) is 0 Å². The second-order valence-electron chi connectivity index (χ2n) is 8.59. The SMILES string of the molecule is CC[C@H](C)NC(=O)[C@@H](Cc1ccccc1)N(Cc1cccc(Br)c1)C(=O)Cc1ccc(Cl)cc1Cl. The van der Waals surface area contributed by atoms with Crippen LogP contribution in [0.3, 0.4) is 0 Å². The van der Waals surface area contributed by atoms with Crippen LogP contribution in [0, 0.1) is 0 Å². The van der Waals surface area contributed by atoms with Crippen LogP contribution >= 0.6 is 39.1 Å². The smallest absolute Gasteiger partial charge is 0.243 e. The van der Waals surface area contributed by atoms with Crippen LogP contribution in [0.5, 0.6) is 0 Å². The fourth-order valence-corrected chi connectivity index (χ4v) is 4.68. The third kappa shape index (κ3) is 8.09. The van der Waals surface area contributed by atoms with Gasteiger partial charge in [-0.1, -0.05) is 94.6 Å². The van der Waals surface area contributed by atoms with Crippen molar-refractivity contribution in [1.29, 1.82) is 0 Å². The first kappa shape index (κ1) is 27.3. The molecule has 0 aliphatic carbocycles. The monoisotopic (exact) mass is 574 g/mol. The zero-order valence-corrected chi connectivity index (χ0v) is 22.9. The summed E-state index contributed by atoms with van der Waals surface area (Å²) in [6.45, 7) is 4.27. The summed E-state index contributed by atoms with van der Waals surface area (Å²) in [4.78, 5) is 29.0. The number of nitrogens with zero attached hydrogens (tertiary/aromatic N) is 1. The van der Waals surface area contributed by atoms with Crippen molar-refractivity contribution < 1.29 is 9.59 Å². The van der Waals surface area contributed by atoms with Crippen molar-refractivity contribution in [2.75, 3.05) is 0 Å². The Balaban J connectivity index is 1.99. The average molecular weight is 576 g/mol. The molecule has 3 aromatic carbocycles. The van der Waals surface area contributed by atoms with E-state index in [0.717, 1.165) is 22.0 Å². The zero-order valence-electron chi connectivity index (χ0n) is 19.8. The quantitative estimate of drug-likeness (QED) is 0.287. The standard InChI is InChI=1S/C28H29BrCl2N2O2/c1-3-19(2)32-28(35)26(15-20-8-5-4-6-9-20)33(18-21-10-7-11-23(29)14-21)27(34)16-22-12-13-24(30)17-25(22)31/h4-14,17,19,26H,3,15-16,18H2,1-2H3,(H,32,35)/t19-,26+/m0/s1. The molecular weight excluding hydrogens is 547 g/mol. The molecule has 2 atom stereocenters. The Morgan fingerprint density at radius 1 is 0.971 bits per heavy atom. The van der Waals surface area contributed by atoms with Gasteiger partial charge in [-0.15, -0.1) is 0 Å². The van der Waals surface area contributed by atoms with Gasteiger partial charge >= 0.3 is 0 Å². The van der Waals surface area contributed by atoms with Gasteiger partial charge in [-0.05, 0) is 54.3 Å². The molecule has 35 heavy (non-hydrogen) atoms. The Morgan fingerprint density at radius 2 is 1.69 bits per heavy atom. The first-order valence-electron chi connectivity index (χ1n) is 11.6. The molecule has 0 radical (unpaired) electrons. The summed E-state index contributed by atoms with van der Waals surface area (Å²) < 4.78 is 0.909. The molecule has 0 bridgehead atoms. The van der Waals surface area contributed by atoms with E-state index in [2.05, 4.69) is 21.2 Å².